The number of hydrogen-bond acceptors (Lipinski definition) is 5. The van der Waals surface area contributed by atoms with Crippen molar-refractivity contribution in [2.75, 3.05) is 11.9 Å². The molecule has 2 N–H and O–H groups in total. The Morgan fingerprint density at radius 2 is 2.29 bits per heavy atom. The number of hydrogen-bond donors (Lipinski definition) is 1. The van der Waals surface area contributed by atoms with Gasteiger partial charge in [-0.15, -0.1) is 5.10 Å². The lowest BCUT2D eigenvalue weighted by molar-refractivity contribution is 0.766. The summed E-state index contributed by atoms with van der Waals surface area (Å²) in [6, 6.07) is 1.89. The molecule has 0 fully saturated rings. The minimum Gasteiger partial charge on any atom is -0.353 e. The van der Waals surface area contributed by atoms with E-state index in [4.69, 9.17) is 5.73 Å². The average Bonchev–Trinajstić information content (AvgIpc) is 2.74. The molecule has 6 heteroatoms. The van der Waals surface area contributed by atoms with Gasteiger partial charge in [0.25, 0.3) is 0 Å². The largest absolute Gasteiger partial charge is 0.353 e. The van der Waals surface area contributed by atoms with Gasteiger partial charge in [-0.05, 0) is 6.07 Å². The number of nitrogens with zero attached hydrogens (tertiary/aromatic N) is 5. The van der Waals surface area contributed by atoms with Gasteiger partial charge in [0, 0.05) is 44.5 Å². The van der Waals surface area contributed by atoms with Crippen LogP contribution in [-0.4, -0.2) is 27.0 Å². The van der Waals surface area contributed by atoms with E-state index in [1.54, 1.807) is 10.9 Å². The fourth-order valence-electron chi connectivity index (χ4n) is 1.73. The molecule has 0 saturated carbocycles. The Morgan fingerprint density at radius 1 is 1.47 bits per heavy atom. The van der Waals surface area contributed by atoms with Crippen LogP contribution in [0, 0.1) is 0 Å². The average molecular weight is 232 g/mol. The molecule has 0 bridgehead atoms. The van der Waals surface area contributed by atoms with Gasteiger partial charge < -0.3 is 10.6 Å². The topological polar surface area (TPSA) is 72.9 Å². The molecular formula is C11H16N6. The van der Waals surface area contributed by atoms with Crippen LogP contribution in [0.4, 0.5) is 5.82 Å². The molecule has 0 saturated heterocycles. The maximum atomic E-state index is 5.68. The first kappa shape index (κ1) is 11.5. The molecule has 0 aromatic carbocycles. The molecule has 0 spiro atoms. The Labute approximate surface area is 100 Å². The number of aryl methyl sites for hydroxylation is 1. The molecule has 0 aliphatic carbocycles. The Balaban J connectivity index is 2.16. The molecule has 6 nitrogen and oxygen atoms in total. The van der Waals surface area contributed by atoms with Gasteiger partial charge in [0.1, 0.15) is 0 Å². The van der Waals surface area contributed by atoms with E-state index in [0.717, 1.165) is 23.5 Å². The maximum Gasteiger partial charge on any atom is 0.155 e. The predicted octanol–water partition coefficient (Wildman–Crippen LogP) is 0.305. The summed E-state index contributed by atoms with van der Waals surface area (Å²) in [5.41, 5.74) is 7.80. The van der Waals surface area contributed by atoms with E-state index in [1.165, 1.54) is 0 Å². The van der Waals surface area contributed by atoms with E-state index in [2.05, 4.69) is 15.3 Å². The van der Waals surface area contributed by atoms with Crippen LogP contribution in [0.5, 0.6) is 0 Å². The van der Waals surface area contributed by atoms with Crippen LogP contribution in [0.2, 0.25) is 0 Å². The predicted molar refractivity (Wildman–Crippen MR) is 65.2 cm³/mol. The summed E-state index contributed by atoms with van der Waals surface area (Å²) in [4.78, 5) is 2.02. The van der Waals surface area contributed by atoms with E-state index >= 15 is 0 Å². The van der Waals surface area contributed by atoms with Gasteiger partial charge >= 0.3 is 0 Å². The molecule has 0 aliphatic rings. The van der Waals surface area contributed by atoms with E-state index in [-0.39, 0.29) is 0 Å². The molecule has 90 valence electrons. The minimum atomic E-state index is 0.461. The van der Waals surface area contributed by atoms with E-state index in [9.17, 15) is 0 Å². The van der Waals surface area contributed by atoms with Crippen LogP contribution in [-0.2, 0) is 20.1 Å². The molecule has 2 aromatic rings. The summed E-state index contributed by atoms with van der Waals surface area (Å²) >= 11 is 0. The van der Waals surface area contributed by atoms with Crippen LogP contribution < -0.4 is 10.6 Å². The molecule has 0 amide bonds. The van der Waals surface area contributed by atoms with Gasteiger partial charge in [-0.2, -0.15) is 10.2 Å². The summed E-state index contributed by atoms with van der Waals surface area (Å²) in [5, 5.41) is 12.1. The molecule has 0 atom stereocenters. The van der Waals surface area contributed by atoms with Crippen LogP contribution in [0.15, 0.2) is 24.7 Å². The molecule has 0 unspecified atom stereocenters. The van der Waals surface area contributed by atoms with Gasteiger partial charge in [-0.25, -0.2) is 0 Å². The van der Waals surface area contributed by atoms with Crippen molar-refractivity contribution in [2.45, 2.75) is 13.1 Å². The highest BCUT2D eigenvalue weighted by Gasteiger charge is 2.09. The van der Waals surface area contributed by atoms with E-state index < -0.39 is 0 Å². The van der Waals surface area contributed by atoms with Crippen molar-refractivity contribution in [1.82, 2.24) is 20.0 Å². The first-order valence-corrected chi connectivity index (χ1v) is 5.40. The van der Waals surface area contributed by atoms with Crippen LogP contribution >= 0.6 is 0 Å². The van der Waals surface area contributed by atoms with E-state index in [0.29, 0.717) is 6.54 Å². The monoisotopic (exact) mass is 232 g/mol. The minimum absolute atomic E-state index is 0.461. The first-order valence-electron chi connectivity index (χ1n) is 5.40. The summed E-state index contributed by atoms with van der Waals surface area (Å²) in [6.07, 6.45) is 5.48. The molecule has 2 rings (SSSR count). The van der Waals surface area contributed by atoms with Gasteiger partial charge in [-0.3, -0.25) is 4.68 Å². The molecule has 17 heavy (non-hydrogen) atoms. The zero-order chi connectivity index (χ0) is 12.3. The van der Waals surface area contributed by atoms with Gasteiger partial charge in [0.15, 0.2) is 5.82 Å². The summed E-state index contributed by atoms with van der Waals surface area (Å²) in [6.45, 7) is 1.20. The van der Waals surface area contributed by atoms with Gasteiger partial charge in [-0.1, -0.05) is 0 Å². The maximum absolute atomic E-state index is 5.68. The number of nitrogens with two attached hydrogens (primary N) is 1. The van der Waals surface area contributed by atoms with Crippen molar-refractivity contribution in [3.8, 4) is 0 Å². The fourth-order valence-corrected chi connectivity index (χ4v) is 1.73. The zero-order valence-electron chi connectivity index (χ0n) is 10.0. The SMILES string of the molecule is CN(Cc1cnn(C)c1)c1nnccc1CN. The third-order valence-electron chi connectivity index (χ3n) is 2.54. The second-order valence-electron chi connectivity index (χ2n) is 3.96. The normalized spacial score (nSPS) is 10.5. The molecule has 2 aromatic heterocycles. The van der Waals surface area contributed by atoms with Crippen molar-refractivity contribution < 1.29 is 0 Å². The van der Waals surface area contributed by atoms with Crippen molar-refractivity contribution in [3.05, 3.63) is 35.8 Å². The van der Waals surface area contributed by atoms with Crippen molar-refractivity contribution in [1.29, 1.82) is 0 Å². The fraction of sp³-hybridized carbons (Fsp3) is 0.364. The molecule has 2 heterocycles. The van der Waals surface area contributed by atoms with Crippen molar-refractivity contribution in [3.63, 3.8) is 0 Å². The number of rotatable bonds is 4. The summed E-state index contributed by atoms with van der Waals surface area (Å²) in [7, 11) is 3.87. The van der Waals surface area contributed by atoms with Crippen LogP contribution in [0.25, 0.3) is 0 Å². The summed E-state index contributed by atoms with van der Waals surface area (Å²) < 4.78 is 1.78. The van der Waals surface area contributed by atoms with Crippen molar-refractivity contribution >= 4 is 5.82 Å². The third-order valence-corrected chi connectivity index (χ3v) is 2.54. The third kappa shape index (κ3) is 2.59. The lowest BCUT2D eigenvalue weighted by atomic mass is 10.2. The highest BCUT2D eigenvalue weighted by atomic mass is 15.3. The van der Waals surface area contributed by atoms with Gasteiger partial charge in [0.2, 0.25) is 0 Å². The number of aromatic nitrogens is 4. The molecule has 0 radical (unpaired) electrons. The molecule has 0 aliphatic heterocycles. The van der Waals surface area contributed by atoms with Crippen LogP contribution in [0.1, 0.15) is 11.1 Å². The zero-order valence-corrected chi connectivity index (χ0v) is 10.0. The second-order valence-corrected chi connectivity index (χ2v) is 3.96. The Bertz CT molecular complexity index is 492. The van der Waals surface area contributed by atoms with E-state index in [1.807, 2.05) is 37.5 Å². The van der Waals surface area contributed by atoms with Crippen LogP contribution in [0.3, 0.4) is 0 Å². The standard InChI is InChI=1S/C11H16N6/c1-16(7-9-6-14-17(2)8-9)11-10(5-12)3-4-13-15-11/h3-4,6,8H,5,7,12H2,1-2H3. The molecular weight excluding hydrogens is 216 g/mol. The number of anilines is 1. The Morgan fingerprint density at radius 3 is 2.94 bits per heavy atom. The highest BCUT2D eigenvalue weighted by Crippen LogP contribution is 2.16. The Hall–Kier alpha value is -1.95. The Kier molecular flexibility index (Phi) is 3.34. The second kappa shape index (κ2) is 4.92. The quantitative estimate of drug-likeness (QED) is 0.821. The lowest BCUT2D eigenvalue weighted by Gasteiger charge is -2.18. The lowest BCUT2D eigenvalue weighted by Crippen LogP contribution is -2.20. The summed E-state index contributed by atoms with van der Waals surface area (Å²) in [5.74, 6) is 0.818. The smallest absolute Gasteiger partial charge is 0.155 e. The van der Waals surface area contributed by atoms with Gasteiger partial charge in [0.05, 0.1) is 12.4 Å². The van der Waals surface area contributed by atoms with Crippen molar-refractivity contribution in [2.24, 2.45) is 12.8 Å². The first-order chi connectivity index (χ1) is 8.20. The highest BCUT2D eigenvalue weighted by molar-refractivity contribution is 5.45.